The second-order valence-electron chi connectivity index (χ2n) is 10.2. The lowest BCUT2D eigenvalue weighted by Gasteiger charge is -2.25. The van der Waals surface area contributed by atoms with Crippen LogP contribution in [-0.2, 0) is 5.41 Å². The van der Waals surface area contributed by atoms with Crippen molar-refractivity contribution in [1.29, 1.82) is 0 Å². The van der Waals surface area contributed by atoms with Crippen molar-refractivity contribution in [3.63, 3.8) is 0 Å². The molecule has 3 N–H and O–H groups in total. The van der Waals surface area contributed by atoms with Crippen LogP contribution in [0.2, 0.25) is 5.02 Å². The molecule has 0 unspecified atom stereocenters. The minimum atomic E-state index is -4.84. The quantitative estimate of drug-likeness (QED) is 0.199. The first-order chi connectivity index (χ1) is 19.7. The van der Waals surface area contributed by atoms with Crippen LogP contribution in [0.15, 0.2) is 72.8 Å². The molecule has 0 spiro atoms. The normalized spacial score (nSPS) is 14.0. The molecule has 4 aromatic carbocycles. The summed E-state index contributed by atoms with van der Waals surface area (Å²) in [6.07, 6.45) is -4.84. The number of urea groups is 1. The highest BCUT2D eigenvalue weighted by Gasteiger charge is 2.42. The summed E-state index contributed by atoms with van der Waals surface area (Å²) in [4.78, 5) is 14.6. The number of fused-ring (bicyclic) bond motifs is 1. The number of benzene rings is 4. The number of phenols is 1. The van der Waals surface area contributed by atoms with E-state index < -0.39 is 35.2 Å². The zero-order valence-electron chi connectivity index (χ0n) is 22.1. The largest absolute Gasteiger partial charge is 0.573 e. The molecule has 0 bridgehead atoms. The summed E-state index contributed by atoms with van der Waals surface area (Å²) in [7, 11) is 0. The highest BCUT2D eigenvalue weighted by Crippen LogP contribution is 2.54. The molecule has 0 atom stereocenters. The number of aromatic hydroxyl groups is 1. The molecule has 218 valence electrons. The number of ether oxygens (including phenoxy) is 1. The standard InChI is InChI=1S/C30H23ClF5N3O3/c1-29(2)15-39(27-24(40)14-21(33)25(26(27)29)16-7-12-19(31)20(32)13-16)23-6-4-3-5-22(23)38-28(41)37-17-8-10-18(11-9-17)42-30(34,35)36/h3-14,40H,15H2,1-2H3,(H2,37,38,41). The lowest BCUT2D eigenvalue weighted by molar-refractivity contribution is -0.274. The number of phenolic OH excluding ortho intramolecular Hbond substituents is 1. The lowest BCUT2D eigenvalue weighted by atomic mass is 9.81. The lowest BCUT2D eigenvalue weighted by Crippen LogP contribution is -2.27. The van der Waals surface area contributed by atoms with E-state index >= 15 is 4.39 Å². The summed E-state index contributed by atoms with van der Waals surface area (Å²) in [5.41, 5.74) is 1.38. The molecule has 1 aliphatic rings. The third kappa shape index (κ3) is 5.78. The van der Waals surface area contributed by atoms with Crippen LogP contribution < -0.4 is 20.3 Å². The van der Waals surface area contributed by atoms with Crippen molar-refractivity contribution in [1.82, 2.24) is 0 Å². The van der Waals surface area contributed by atoms with E-state index in [0.717, 1.165) is 24.3 Å². The molecule has 5 rings (SSSR count). The van der Waals surface area contributed by atoms with E-state index in [-0.39, 0.29) is 34.1 Å². The number of amides is 2. The molecule has 0 fully saturated rings. The zero-order chi connectivity index (χ0) is 30.4. The van der Waals surface area contributed by atoms with Crippen molar-refractivity contribution in [2.24, 2.45) is 0 Å². The minimum absolute atomic E-state index is 0.112. The average molecular weight is 604 g/mol. The topological polar surface area (TPSA) is 73.8 Å². The van der Waals surface area contributed by atoms with E-state index in [1.165, 1.54) is 24.3 Å². The maximum absolute atomic E-state index is 15.4. The number of rotatable bonds is 5. The Morgan fingerprint density at radius 2 is 1.67 bits per heavy atom. The van der Waals surface area contributed by atoms with Gasteiger partial charge in [0.1, 0.15) is 23.1 Å². The molecule has 1 aliphatic heterocycles. The summed E-state index contributed by atoms with van der Waals surface area (Å²) in [6.45, 7) is 3.98. The summed E-state index contributed by atoms with van der Waals surface area (Å²) in [5, 5.41) is 16.1. The first-order valence-electron chi connectivity index (χ1n) is 12.6. The predicted octanol–water partition coefficient (Wildman–Crippen LogP) is 8.96. The van der Waals surface area contributed by atoms with Gasteiger partial charge < -0.3 is 25.4 Å². The van der Waals surface area contributed by atoms with E-state index in [1.54, 1.807) is 29.2 Å². The maximum Gasteiger partial charge on any atom is 0.573 e. The number of nitrogens with one attached hydrogen (secondary N) is 2. The number of nitrogens with zero attached hydrogens (tertiary/aromatic N) is 1. The molecule has 4 aromatic rings. The van der Waals surface area contributed by atoms with E-state index in [9.17, 15) is 27.5 Å². The summed E-state index contributed by atoms with van der Waals surface area (Å²) in [5.74, 6) is -2.23. The first-order valence-corrected chi connectivity index (χ1v) is 12.9. The van der Waals surface area contributed by atoms with Crippen LogP contribution in [0, 0.1) is 11.6 Å². The number of para-hydroxylation sites is 2. The molecule has 0 saturated heterocycles. The fourth-order valence-corrected chi connectivity index (χ4v) is 5.21. The van der Waals surface area contributed by atoms with Gasteiger partial charge in [-0.2, -0.15) is 0 Å². The number of carbonyl (C=O) groups excluding carboxylic acids is 1. The van der Waals surface area contributed by atoms with Crippen LogP contribution in [-0.4, -0.2) is 24.0 Å². The molecule has 0 aliphatic carbocycles. The van der Waals surface area contributed by atoms with Gasteiger partial charge in [-0.15, -0.1) is 13.2 Å². The van der Waals surface area contributed by atoms with Gasteiger partial charge in [-0.3, -0.25) is 0 Å². The summed E-state index contributed by atoms with van der Waals surface area (Å²) < 4.78 is 70.9. The Kier molecular flexibility index (Phi) is 7.40. The Hall–Kier alpha value is -4.51. The predicted molar refractivity (Wildman–Crippen MR) is 151 cm³/mol. The average Bonchev–Trinajstić information content (AvgIpc) is 3.18. The molecule has 0 radical (unpaired) electrons. The zero-order valence-corrected chi connectivity index (χ0v) is 22.9. The number of alkyl halides is 3. The number of anilines is 4. The smallest absolute Gasteiger partial charge is 0.506 e. The van der Waals surface area contributed by atoms with Crippen molar-refractivity contribution in [2.45, 2.75) is 25.6 Å². The van der Waals surface area contributed by atoms with Gasteiger partial charge in [0.05, 0.1) is 22.1 Å². The van der Waals surface area contributed by atoms with Gasteiger partial charge in [0.2, 0.25) is 0 Å². The molecule has 6 nitrogen and oxygen atoms in total. The molecule has 1 heterocycles. The van der Waals surface area contributed by atoms with Gasteiger partial charge in [0, 0.05) is 29.3 Å². The number of carbonyl (C=O) groups is 1. The van der Waals surface area contributed by atoms with Gasteiger partial charge >= 0.3 is 12.4 Å². The van der Waals surface area contributed by atoms with Crippen molar-refractivity contribution in [3.8, 4) is 22.6 Å². The highest BCUT2D eigenvalue weighted by atomic mass is 35.5. The Balaban J connectivity index is 1.47. The Bertz CT molecular complexity index is 1680. The monoisotopic (exact) mass is 603 g/mol. The first kappa shape index (κ1) is 29.0. The molecular weight excluding hydrogens is 581 g/mol. The number of hydrogen-bond donors (Lipinski definition) is 3. The second-order valence-corrected chi connectivity index (χ2v) is 10.7. The van der Waals surface area contributed by atoms with E-state index in [4.69, 9.17) is 11.6 Å². The van der Waals surface area contributed by atoms with Crippen LogP contribution in [0.1, 0.15) is 19.4 Å². The maximum atomic E-state index is 15.4. The highest BCUT2D eigenvalue weighted by molar-refractivity contribution is 6.30. The van der Waals surface area contributed by atoms with Gasteiger partial charge in [-0.1, -0.05) is 43.6 Å². The van der Waals surface area contributed by atoms with E-state index in [2.05, 4.69) is 15.4 Å². The number of hydrogen-bond acceptors (Lipinski definition) is 4. The van der Waals surface area contributed by atoms with Gasteiger partial charge in [-0.25, -0.2) is 13.6 Å². The molecular formula is C30H23ClF5N3O3. The SMILES string of the molecule is CC1(C)CN(c2ccccc2NC(=O)Nc2ccc(OC(F)(F)F)cc2)c2c(O)cc(F)c(-c3ccc(Cl)c(F)c3)c21. The van der Waals surface area contributed by atoms with Crippen molar-refractivity contribution in [3.05, 3.63) is 95.0 Å². The second kappa shape index (κ2) is 10.7. The Labute approximate surface area is 242 Å². The molecule has 2 amide bonds. The number of halogens is 6. The van der Waals surface area contributed by atoms with Crippen LogP contribution in [0.4, 0.5) is 49.5 Å². The van der Waals surface area contributed by atoms with Crippen LogP contribution in [0.5, 0.6) is 11.5 Å². The van der Waals surface area contributed by atoms with Crippen molar-refractivity contribution < 1.29 is 36.6 Å². The van der Waals surface area contributed by atoms with Gasteiger partial charge in [-0.05, 0) is 59.7 Å². The minimum Gasteiger partial charge on any atom is -0.506 e. The van der Waals surface area contributed by atoms with Gasteiger partial charge in [0.15, 0.2) is 0 Å². The van der Waals surface area contributed by atoms with Crippen molar-refractivity contribution >= 4 is 40.4 Å². The van der Waals surface area contributed by atoms with Crippen molar-refractivity contribution in [2.75, 3.05) is 22.1 Å². The fourth-order valence-electron chi connectivity index (χ4n) is 5.09. The van der Waals surface area contributed by atoms with Crippen LogP contribution >= 0.6 is 11.6 Å². The van der Waals surface area contributed by atoms with E-state index in [0.29, 0.717) is 22.6 Å². The van der Waals surface area contributed by atoms with Gasteiger partial charge in [0.25, 0.3) is 0 Å². The Morgan fingerprint density at radius 3 is 2.33 bits per heavy atom. The molecule has 0 saturated carbocycles. The fraction of sp³-hybridized carbons (Fsp3) is 0.167. The molecule has 0 aromatic heterocycles. The summed E-state index contributed by atoms with van der Waals surface area (Å²) in [6, 6.07) is 15.6. The summed E-state index contributed by atoms with van der Waals surface area (Å²) >= 11 is 5.85. The van der Waals surface area contributed by atoms with E-state index in [1.807, 2.05) is 13.8 Å². The van der Waals surface area contributed by atoms with Crippen LogP contribution in [0.3, 0.4) is 0 Å². The Morgan fingerprint density at radius 1 is 0.976 bits per heavy atom. The molecule has 42 heavy (non-hydrogen) atoms. The third-order valence-corrected chi connectivity index (χ3v) is 7.04. The molecule has 12 heteroatoms. The third-order valence-electron chi connectivity index (χ3n) is 6.73. The van der Waals surface area contributed by atoms with Crippen LogP contribution in [0.25, 0.3) is 11.1 Å².